The molecule has 0 spiro atoms. The third-order valence-corrected chi connectivity index (χ3v) is 4.88. The number of nitrogens with one attached hydrogen (secondary N) is 3. The molecule has 1 aliphatic rings. The molecular formula is C21H26ClN3O3. The fraction of sp³-hybridized carbons (Fsp3) is 0.333. The Hall–Kier alpha value is -2.41. The highest BCUT2D eigenvalue weighted by Gasteiger charge is 2.39. The van der Waals surface area contributed by atoms with Crippen molar-refractivity contribution in [1.29, 1.82) is 0 Å². The molecule has 28 heavy (non-hydrogen) atoms. The summed E-state index contributed by atoms with van der Waals surface area (Å²) in [5, 5.41) is 9.13. The topological polar surface area (TPSA) is 79.5 Å². The average molecular weight is 404 g/mol. The third kappa shape index (κ3) is 5.32. The molecule has 0 atom stereocenters. The lowest BCUT2D eigenvalue weighted by molar-refractivity contribution is -0.130. The Morgan fingerprint density at radius 1 is 1.00 bits per heavy atom. The molecule has 150 valence electrons. The van der Waals surface area contributed by atoms with Crippen LogP contribution in [0.25, 0.3) is 0 Å². The maximum atomic E-state index is 12.9. The monoisotopic (exact) mass is 403 g/mol. The molecule has 7 heteroatoms. The smallest absolute Gasteiger partial charge is 0.255 e. The summed E-state index contributed by atoms with van der Waals surface area (Å²) < 4.78 is 5.32. The Kier molecular flexibility index (Phi) is 7.99. The van der Waals surface area contributed by atoms with Crippen LogP contribution in [0.5, 0.6) is 0 Å². The molecule has 0 radical (unpaired) electrons. The lowest BCUT2D eigenvalue weighted by Crippen LogP contribution is -2.47. The van der Waals surface area contributed by atoms with Gasteiger partial charge in [0, 0.05) is 24.0 Å². The van der Waals surface area contributed by atoms with Crippen molar-refractivity contribution in [2.75, 3.05) is 37.4 Å². The minimum Gasteiger partial charge on any atom is -0.384 e. The van der Waals surface area contributed by atoms with Crippen LogP contribution in [-0.2, 0) is 9.53 Å². The van der Waals surface area contributed by atoms with Crippen molar-refractivity contribution in [2.45, 2.75) is 12.8 Å². The molecule has 1 saturated heterocycles. The number of amides is 2. The van der Waals surface area contributed by atoms with Gasteiger partial charge in [-0.1, -0.05) is 24.3 Å². The van der Waals surface area contributed by atoms with Crippen LogP contribution in [0.1, 0.15) is 23.2 Å². The number of methoxy groups -OCH3 is 1. The molecule has 0 unspecified atom stereocenters. The summed E-state index contributed by atoms with van der Waals surface area (Å²) in [5.41, 5.74) is 1.34. The van der Waals surface area contributed by atoms with Gasteiger partial charge in [-0.25, -0.2) is 0 Å². The van der Waals surface area contributed by atoms with E-state index < -0.39 is 5.41 Å². The number of carbonyl (C=O) groups is 2. The van der Waals surface area contributed by atoms with Crippen LogP contribution in [0.4, 0.5) is 11.4 Å². The predicted molar refractivity (Wildman–Crippen MR) is 113 cm³/mol. The molecule has 1 aliphatic heterocycles. The Balaban J connectivity index is 0.00000280. The van der Waals surface area contributed by atoms with Gasteiger partial charge in [-0.15, -0.1) is 12.4 Å². The van der Waals surface area contributed by atoms with E-state index in [0.717, 1.165) is 25.9 Å². The summed E-state index contributed by atoms with van der Waals surface area (Å²) in [6.45, 7) is 1.98. The molecule has 0 aromatic heterocycles. The Labute approximate surface area is 171 Å². The summed E-state index contributed by atoms with van der Waals surface area (Å²) in [4.78, 5) is 25.2. The molecule has 0 aliphatic carbocycles. The first-order chi connectivity index (χ1) is 13.1. The zero-order valence-electron chi connectivity index (χ0n) is 15.9. The Morgan fingerprint density at radius 3 is 2.29 bits per heavy atom. The van der Waals surface area contributed by atoms with Crippen molar-refractivity contribution in [3.8, 4) is 0 Å². The van der Waals surface area contributed by atoms with Gasteiger partial charge in [0.15, 0.2) is 0 Å². The molecule has 1 heterocycles. The van der Waals surface area contributed by atoms with Crippen LogP contribution < -0.4 is 16.0 Å². The van der Waals surface area contributed by atoms with E-state index in [0.29, 0.717) is 23.5 Å². The van der Waals surface area contributed by atoms with Gasteiger partial charge in [0.2, 0.25) is 5.91 Å². The minimum absolute atomic E-state index is 0. The molecule has 3 N–H and O–H groups in total. The largest absolute Gasteiger partial charge is 0.384 e. The van der Waals surface area contributed by atoms with Crippen molar-refractivity contribution in [1.82, 2.24) is 5.32 Å². The fourth-order valence-corrected chi connectivity index (χ4v) is 3.35. The van der Waals surface area contributed by atoms with Gasteiger partial charge in [-0.3, -0.25) is 9.59 Å². The second kappa shape index (κ2) is 10.2. The van der Waals surface area contributed by atoms with Crippen LogP contribution in [-0.4, -0.2) is 38.6 Å². The Bertz CT molecular complexity index is 787. The summed E-state index contributed by atoms with van der Waals surface area (Å²) in [5.74, 6) is -0.231. The van der Waals surface area contributed by atoms with Crippen molar-refractivity contribution < 1.29 is 14.3 Å². The fourth-order valence-electron chi connectivity index (χ4n) is 3.35. The summed E-state index contributed by atoms with van der Waals surface area (Å²) in [6.07, 6.45) is 1.47. The van der Waals surface area contributed by atoms with Gasteiger partial charge in [-0.05, 0) is 56.3 Å². The molecule has 3 rings (SSSR count). The Morgan fingerprint density at radius 2 is 1.64 bits per heavy atom. The van der Waals surface area contributed by atoms with E-state index in [4.69, 9.17) is 4.74 Å². The highest BCUT2D eigenvalue weighted by molar-refractivity contribution is 6.04. The molecular weight excluding hydrogens is 378 g/mol. The normalized spacial score (nSPS) is 15.2. The van der Waals surface area contributed by atoms with Gasteiger partial charge in [0.25, 0.3) is 5.91 Å². The van der Waals surface area contributed by atoms with Gasteiger partial charge in [-0.2, -0.15) is 0 Å². The molecule has 2 aromatic carbocycles. The van der Waals surface area contributed by atoms with E-state index >= 15 is 0 Å². The maximum Gasteiger partial charge on any atom is 0.255 e. The quantitative estimate of drug-likeness (QED) is 0.691. The lowest BCUT2D eigenvalue weighted by atomic mass is 9.78. The lowest BCUT2D eigenvalue weighted by Gasteiger charge is -2.35. The van der Waals surface area contributed by atoms with E-state index in [1.165, 1.54) is 0 Å². The summed E-state index contributed by atoms with van der Waals surface area (Å²) in [7, 11) is 1.62. The zero-order chi connectivity index (χ0) is 19.1. The number of carbonyl (C=O) groups excluding carboxylic acids is 2. The van der Waals surface area contributed by atoms with Crippen molar-refractivity contribution >= 4 is 35.6 Å². The van der Waals surface area contributed by atoms with Crippen molar-refractivity contribution in [2.24, 2.45) is 5.41 Å². The van der Waals surface area contributed by atoms with E-state index in [2.05, 4.69) is 16.0 Å². The molecule has 0 bridgehead atoms. The number of benzene rings is 2. The molecule has 2 aromatic rings. The zero-order valence-corrected chi connectivity index (χ0v) is 16.7. The predicted octanol–water partition coefficient (Wildman–Crippen LogP) is 3.32. The average Bonchev–Trinajstić information content (AvgIpc) is 2.70. The minimum atomic E-state index is -0.525. The van der Waals surface area contributed by atoms with Gasteiger partial charge in [0.1, 0.15) is 0 Å². The molecule has 1 fully saturated rings. The van der Waals surface area contributed by atoms with Crippen LogP contribution in [0.3, 0.4) is 0 Å². The van der Waals surface area contributed by atoms with Gasteiger partial charge >= 0.3 is 0 Å². The number of hydrogen-bond acceptors (Lipinski definition) is 4. The van der Waals surface area contributed by atoms with E-state index in [1.54, 1.807) is 31.4 Å². The van der Waals surface area contributed by atoms with E-state index in [9.17, 15) is 9.59 Å². The van der Waals surface area contributed by atoms with Crippen LogP contribution in [0.15, 0.2) is 54.6 Å². The number of piperidine rings is 1. The third-order valence-electron chi connectivity index (χ3n) is 4.88. The van der Waals surface area contributed by atoms with Gasteiger partial charge < -0.3 is 20.7 Å². The second-order valence-electron chi connectivity index (χ2n) is 6.82. The summed E-state index contributed by atoms with van der Waals surface area (Å²) in [6, 6.07) is 16.2. The van der Waals surface area contributed by atoms with Crippen molar-refractivity contribution in [3.63, 3.8) is 0 Å². The first-order valence-corrected chi connectivity index (χ1v) is 9.10. The SMILES string of the molecule is COCC1(C(=O)Nc2cccc(NC(=O)c3ccccc3)c2)CCNCC1.Cl. The number of ether oxygens (including phenoxy) is 1. The van der Waals surface area contributed by atoms with Crippen LogP contribution >= 0.6 is 12.4 Å². The molecule has 0 saturated carbocycles. The highest BCUT2D eigenvalue weighted by Crippen LogP contribution is 2.31. The first-order valence-electron chi connectivity index (χ1n) is 9.10. The first kappa shape index (κ1) is 21.9. The number of halogens is 1. The standard InChI is InChI=1S/C21H25N3O3.ClH/c1-27-15-21(10-12-22-13-11-21)20(26)24-18-9-5-8-17(14-18)23-19(25)16-6-3-2-4-7-16;/h2-9,14,22H,10-13,15H2,1H3,(H,23,25)(H,24,26);1H. The van der Waals surface area contributed by atoms with Crippen molar-refractivity contribution in [3.05, 3.63) is 60.2 Å². The number of anilines is 2. The second-order valence-corrected chi connectivity index (χ2v) is 6.82. The highest BCUT2D eigenvalue weighted by atomic mass is 35.5. The number of hydrogen-bond donors (Lipinski definition) is 3. The maximum absolute atomic E-state index is 12.9. The van der Waals surface area contributed by atoms with E-state index in [-0.39, 0.29) is 24.2 Å². The van der Waals surface area contributed by atoms with Crippen LogP contribution in [0.2, 0.25) is 0 Å². The van der Waals surface area contributed by atoms with Crippen LogP contribution in [0, 0.1) is 5.41 Å². The summed E-state index contributed by atoms with van der Waals surface area (Å²) >= 11 is 0. The molecule has 2 amide bonds. The number of rotatable bonds is 6. The van der Waals surface area contributed by atoms with E-state index in [1.807, 2.05) is 30.3 Å². The van der Waals surface area contributed by atoms with Gasteiger partial charge in [0.05, 0.1) is 12.0 Å². The molecule has 6 nitrogen and oxygen atoms in total.